The van der Waals surface area contributed by atoms with Crippen LogP contribution in [0.3, 0.4) is 0 Å². The molecule has 2 atom stereocenters. The van der Waals surface area contributed by atoms with Crippen LogP contribution in [0.25, 0.3) is 0 Å². The number of carbonyl (C=O) groups is 2. The maximum absolute atomic E-state index is 14.9. The molecule has 2 aliphatic rings. The van der Waals surface area contributed by atoms with Crippen molar-refractivity contribution in [2.45, 2.75) is 89.5 Å². The molecule has 1 heterocycles. The van der Waals surface area contributed by atoms with Crippen LogP contribution in [0.2, 0.25) is 5.02 Å². The van der Waals surface area contributed by atoms with E-state index in [2.05, 4.69) is 5.32 Å². The highest BCUT2D eigenvalue weighted by Crippen LogP contribution is 2.40. The Kier molecular flexibility index (Phi) is 10.4. The van der Waals surface area contributed by atoms with Gasteiger partial charge in [-0.25, -0.2) is 18.4 Å². The van der Waals surface area contributed by atoms with Crippen molar-refractivity contribution in [1.82, 2.24) is 10.2 Å². The lowest BCUT2D eigenvalue weighted by Gasteiger charge is -2.30. The predicted molar refractivity (Wildman–Crippen MR) is 157 cm³/mol. The number of benzene rings is 2. The molecule has 0 radical (unpaired) electrons. The minimum atomic E-state index is -0.864. The molecule has 4 rings (SSSR count). The molecule has 1 saturated heterocycles. The van der Waals surface area contributed by atoms with Crippen LogP contribution in [-0.4, -0.2) is 55.4 Å². The number of carbonyl (C=O) groups excluding carboxylic acids is 2. The zero-order chi connectivity index (χ0) is 30.6. The van der Waals surface area contributed by atoms with Gasteiger partial charge >= 0.3 is 12.1 Å². The van der Waals surface area contributed by atoms with Gasteiger partial charge in [-0.2, -0.15) is 0 Å². The van der Waals surface area contributed by atoms with Gasteiger partial charge in [-0.1, -0.05) is 17.7 Å². The fourth-order valence-electron chi connectivity index (χ4n) is 6.10. The van der Waals surface area contributed by atoms with Gasteiger partial charge in [0, 0.05) is 19.0 Å². The molecule has 7 nitrogen and oxygen atoms in total. The average molecular weight is 607 g/mol. The number of nitrogens with one attached hydrogen (secondary N) is 1. The number of halogens is 3. The molecule has 0 bridgehead atoms. The second kappa shape index (κ2) is 13.6. The zero-order valence-corrected chi connectivity index (χ0v) is 25.7. The molecule has 10 heteroatoms. The third-order valence-corrected chi connectivity index (χ3v) is 8.43. The van der Waals surface area contributed by atoms with E-state index in [-0.39, 0.29) is 23.8 Å². The highest BCUT2D eigenvalue weighted by atomic mass is 35.5. The van der Waals surface area contributed by atoms with Gasteiger partial charge in [0.2, 0.25) is 0 Å². The van der Waals surface area contributed by atoms with Crippen molar-refractivity contribution in [2.24, 2.45) is 5.92 Å². The van der Waals surface area contributed by atoms with E-state index in [0.717, 1.165) is 31.2 Å². The number of ether oxygens (including phenoxy) is 3. The lowest BCUT2D eigenvalue weighted by Crippen LogP contribution is -2.44. The molecular weight excluding hydrogens is 566 g/mol. The van der Waals surface area contributed by atoms with Crippen LogP contribution in [0, 0.1) is 17.6 Å². The van der Waals surface area contributed by atoms with Crippen LogP contribution >= 0.6 is 11.6 Å². The van der Waals surface area contributed by atoms with Crippen molar-refractivity contribution in [3.8, 4) is 5.75 Å². The Balaban J connectivity index is 1.42. The highest BCUT2D eigenvalue weighted by Gasteiger charge is 2.43. The van der Waals surface area contributed by atoms with Crippen LogP contribution in [-0.2, 0) is 27.2 Å². The van der Waals surface area contributed by atoms with Gasteiger partial charge in [0.05, 0.1) is 18.7 Å². The normalized spacial score (nSPS) is 22.6. The third-order valence-electron chi connectivity index (χ3n) is 8.01. The number of hydrogen-bond acceptors (Lipinski definition) is 6. The first-order valence-corrected chi connectivity index (χ1v) is 14.9. The van der Waals surface area contributed by atoms with Crippen molar-refractivity contribution in [3.05, 3.63) is 63.7 Å². The zero-order valence-electron chi connectivity index (χ0n) is 25.0. The Morgan fingerprint density at radius 2 is 1.79 bits per heavy atom. The topological polar surface area (TPSA) is 77.1 Å². The molecule has 2 aromatic rings. The highest BCUT2D eigenvalue weighted by molar-refractivity contribution is 6.31. The Morgan fingerprint density at radius 3 is 2.43 bits per heavy atom. The van der Waals surface area contributed by atoms with E-state index in [9.17, 15) is 18.4 Å². The van der Waals surface area contributed by atoms with Crippen molar-refractivity contribution in [3.63, 3.8) is 0 Å². The lowest BCUT2D eigenvalue weighted by molar-refractivity contribution is -0.145. The van der Waals surface area contributed by atoms with E-state index in [4.69, 9.17) is 25.8 Å². The minimum absolute atomic E-state index is 0.0774. The standard InChI is InChI=1S/C32H41ClF2N2O5/c1-32(2,3)42-31(39)37-18-25(16-28(37)30(38)40-5)41-24-14-21(29(33)27(35)15-24)12-19-6-8-20(9-7-19)26-11-10-23(34)13-22(26)17-36-4/h10-11,13-15,19-20,25,28,36H,6-9,12,16-18H2,1-5H3/t19?,20?,25-,28-/m0/s1. The van der Waals surface area contributed by atoms with Crippen LogP contribution in [0.1, 0.15) is 75.5 Å². The number of esters is 1. The molecule has 1 amide bonds. The summed E-state index contributed by atoms with van der Waals surface area (Å²) in [5, 5.41) is 3.20. The molecule has 230 valence electrons. The molecule has 1 aliphatic heterocycles. The van der Waals surface area contributed by atoms with E-state index in [1.54, 1.807) is 32.9 Å². The summed E-state index contributed by atoms with van der Waals surface area (Å²) in [5.41, 5.74) is 2.10. The minimum Gasteiger partial charge on any atom is -0.488 e. The van der Waals surface area contributed by atoms with Gasteiger partial charge in [0.15, 0.2) is 0 Å². The van der Waals surface area contributed by atoms with Gasteiger partial charge in [-0.3, -0.25) is 4.90 Å². The average Bonchev–Trinajstić information content (AvgIpc) is 3.35. The first-order valence-electron chi connectivity index (χ1n) is 14.5. The van der Waals surface area contributed by atoms with Gasteiger partial charge in [0.25, 0.3) is 0 Å². The smallest absolute Gasteiger partial charge is 0.411 e. The molecule has 2 fully saturated rings. The number of methoxy groups -OCH3 is 1. The van der Waals surface area contributed by atoms with E-state index in [0.29, 0.717) is 36.1 Å². The second-order valence-corrected chi connectivity index (χ2v) is 12.7. The summed E-state index contributed by atoms with van der Waals surface area (Å²) in [7, 11) is 3.12. The molecule has 1 aliphatic carbocycles. The summed E-state index contributed by atoms with van der Waals surface area (Å²) in [6.45, 7) is 5.95. The van der Waals surface area contributed by atoms with E-state index in [1.807, 2.05) is 13.1 Å². The first kappa shape index (κ1) is 32.0. The maximum Gasteiger partial charge on any atom is 0.411 e. The van der Waals surface area contributed by atoms with Gasteiger partial charge in [-0.15, -0.1) is 0 Å². The number of hydrogen-bond donors (Lipinski definition) is 1. The van der Waals surface area contributed by atoms with E-state index < -0.39 is 35.6 Å². The fraction of sp³-hybridized carbons (Fsp3) is 0.562. The summed E-state index contributed by atoms with van der Waals surface area (Å²) < 4.78 is 45.3. The summed E-state index contributed by atoms with van der Waals surface area (Å²) in [6, 6.07) is 7.17. The molecule has 1 N–H and O–H groups in total. The summed E-state index contributed by atoms with van der Waals surface area (Å²) in [4.78, 5) is 26.5. The SMILES string of the molecule is CNCc1cc(F)ccc1C1CCC(Cc2cc(O[C@H]3C[C@@H](C(=O)OC)N(C(=O)OC(C)(C)C)C3)cc(F)c2Cl)CC1. The number of nitrogens with zero attached hydrogens (tertiary/aromatic N) is 1. The maximum atomic E-state index is 14.9. The van der Waals surface area contributed by atoms with E-state index >= 15 is 0 Å². The number of amides is 1. The van der Waals surface area contributed by atoms with Gasteiger partial charge < -0.3 is 19.5 Å². The monoisotopic (exact) mass is 606 g/mol. The number of likely N-dealkylation sites (tertiary alicyclic amines) is 1. The van der Waals surface area contributed by atoms with Crippen LogP contribution in [0.15, 0.2) is 30.3 Å². The molecule has 0 spiro atoms. The molecule has 42 heavy (non-hydrogen) atoms. The Labute approximate surface area is 251 Å². The van der Waals surface area contributed by atoms with E-state index in [1.165, 1.54) is 29.7 Å². The molecule has 0 unspecified atom stereocenters. The largest absolute Gasteiger partial charge is 0.488 e. The van der Waals surface area contributed by atoms with Crippen molar-refractivity contribution < 1.29 is 32.6 Å². The first-order chi connectivity index (χ1) is 19.9. The summed E-state index contributed by atoms with van der Waals surface area (Å²) in [6.07, 6.45) is 3.40. The summed E-state index contributed by atoms with van der Waals surface area (Å²) >= 11 is 6.40. The lowest BCUT2D eigenvalue weighted by atomic mass is 9.75. The second-order valence-electron chi connectivity index (χ2n) is 12.3. The quantitative estimate of drug-likeness (QED) is 0.334. The Morgan fingerprint density at radius 1 is 1.07 bits per heavy atom. The number of rotatable bonds is 8. The Bertz CT molecular complexity index is 1280. The molecular formula is C32H41ClF2N2O5. The van der Waals surface area contributed by atoms with Crippen molar-refractivity contribution in [1.29, 1.82) is 0 Å². The summed E-state index contributed by atoms with van der Waals surface area (Å²) in [5.74, 6) is -0.406. The van der Waals surface area contributed by atoms with Crippen LogP contribution in [0.4, 0.5) is 13.6 Å². The molecule has 0 aromatic heterocycles. The van der Waals surface area contributed by atoms with Crippen molar-refractivity contribution in [2.75, 3.05) is 20.7 Å². The third kappa shape index (κ3) is 7.92. The Hall–Kier alpha value is -2.91. The van der Waals surface area contributed by atoms with Gasteiger partial charge in [-0.05, 0) is 107 Å². The van der Waals surface area contributed by atoms with Crippen LogP contribution < -0.4 is 10.1 Å². The van der Waals surface area contributed by atoms with Gasteiger partial charge in [0.1, 0.15) is 35.1 Å². The molecule has 1 saturated carbocycles. The molecule has 2 aromatic carbocycles. The van der Waals surface area contributed by atoms with Crippen molar-refractivity contribution >= 4 is 23.7 Å². The van der Waals surface area contributed by atoms with Crippen LogP contribution in [0.5, 0.6) is 5.75 Å². The fourth-order valence-corrected chi connectivity index (χ4v) is 6.28. The predicted octanol–water partition coefficient (Wildman–Crippen LogP) is 6.78.